The van der Waals surface area contributed by atoms with Crippen LogP contribution in [0.15, 0.2) is 91.1 Å². The van der Waals surface area contributed by atoms with Gasteiger partial charge in [-0.1, -0.05) is 48.5 Å². The van der Waals surface area contributed by atoms with Gasteiger partial charge in [0, 0.05) is 22.7 Å². The van der Waals surface area contributed by atoms with Crippen LogP contribution < -0.4 is 4.74 Å². The van der Waals surface area contributed by atoms with Crippen LogP contribution in [0.4, 0.5) is 0 Å². The second-order valence-electron chi connectivity index (χ2n) is 6.43. The van der Waals surface area contributed by atoms with E-state index in [0.717, 1.165) is 33.3 Å². The molecule has 1 heterocycles. The van der Waals surface area contributed by atoms with Gasteiger partial charge in [0.25, 0.3) is 0 Å². The molecular weight excluding hydrogens is 346 g/mol. The Labute approximate surface area is 163 Å². The number of allylic oxidation sites excluding steroid dienone is 1. The molecule has 3 nitrogen and oxygen atoms in total. The Morgan fingerprint density at radius 2 is 1.68 bits per heavy atom. The first-order valence-corrected chi connectivity index (χ1v) is 9.05. The number of rotatable bonds is 5. The highest BCUT2D eigenvalue weighted by molar-refractivity contribution is 6.07. The highest BCUT2D eigenvalue weighted by Gasteiger charge is 2.06. The van der Waals surface area contributed by atoms with E-state index in [2.05, 4.69) is 17.1 Å². The van der Waals surface area contributed by atoms with E-state index < -0.39 is 0 Å². The number of fused-ring (bicyclic) bond motifs is 1. The van der Waals surface area contributed by atoms with E-state index in [0.29, 0.717) is 5.56 Å². The van der Waals surface area contributed by atoms with Gasteiger partial charge in [0.2, 0.25) is 0 Å². The van der Waals surface area contributed by atoms with Crippen molar-refractivity contribution in [2.45, 2.75) is 0 Å². The molecule has 136 valence electrons. The van der Waals surface area contributed by atoms with Gasteiger partial charge in [0.05, 0.1) is 12.6 Å². The number of ketones is 1. The van der Waals surface area contributed by atoms with Crippen molar-refractivity contribution < 1.29 is 9.53 Å². The molecule has 3 heteroatoms. The summed E-state index contributed by atoms with van der Waals surface area (Å²) in [7, 11) is 1.61. The summed E-state index contributed by atoms with van der Waals surface area (Å²) in [6.45, 7) is 0. The fourth-order valence-corrected chi connectivity index (χ4v) is 3.14. The van der Waals surface area contributed by atoms with Crippen LogP contribution in [-0.2, 0) is 0 Å². The predicted octanol–water partition coefficient (Wildman–Crippen LogP) is 5.81. The van der Waals surface area contributed by atoms with E-state index in [1.807, 2.05) is 54.7 Å². The average Bonchev–Trinajstić information content (AvgIpc) is 2.77. The maximum atomic E-state index is 12.5. The molecule has 0 N–H and O–H groups in total. The van der Waals surface area contributed by atoms with Crippen molar-refractivity contribution in [2.24, 2.45) is 0 Å². The molecule has 0 spiro atoms. The van der Waals surface area contributed by atoms with Crippen molar-refractivity contribution in [3.05, 3.63) is 102 Å². The molecule has 0 amide bonds. The van der Waals surface area contributed by atoms with E-state index in [4.69, 9.17) is 4.74 Å². The number of carbonyl (C=O) groups excluding carboxylic acids is 1. The van der Waals surface area contributed by atoms with Crippen molar-refractivity contribution >= 4 is 22.8 Å². The van der Waals surface area contributed by atoms with Crippen LogP contribution in [0.25, 0.3) is 28.1 Å². The van der Waals surface area contributed by atoms with E-state index in [9.17, 15) is 4.79 Å². The van der Waals surface area contributed by atoms with Crippen LogP contribution >= 0.6 is 0 Å². The topological polar surface area (TPSA) is 39.2 Å². The molecule has 0 fully saturated rings. The number of hydrogen-bond donors (Lipinski definition) is 0. The summed E-state index contributed by atoms with van der Waals surface area (Å²) in [5.74, 6) is 0.684. The molecule has 4 aromatic rings. The first-order valence-electron chi connectivity index (χ1n) is 9.05. The lowest BCUT2D eigenvalue weighted by molar-refractivity contribution is 0.104. The molecule has 4 rings (SSSR count). The average molecular weight is 365 g/mol. The summed E-state index contributed by atoms with van der Waals surface area (Å²) in [4.78, 5) is 17.1. The molecule has 0 radical (unpaired) electrons. The fourth-order valence-electron chi connectivity index (χ4n) is 3.14. The van der Waals surface area contributed by atoms with E-state index >= 15 is 0 Å². The Bertz CT molecular complexity index is 1160. The molecule has 3 aromatic carbocycles. The van der Waals surface area contributed by atoms with Crippen molar-refractivity contribution in [3.8, 4) is 16.9 Å². The Morgan fingerprint density at radius 3 is 2.50 bits per heavy atom. The monoisotopic (exact) mass is 365 g/mol. The van der Waals surface area contributed by atoms with Crippen LogP contribution in [0.3, 0.4) is 0 Å². The highest BCUT2D eigenvalue weighted by Crippen LogP contribution is 2.27. The predicted molar refractivity (Wildman–Crippen MR) is 114 cm³/mol. The van der Waals surface area contributed by atoms with Gasteiger partial charge in [-0.05, 0) is 53.6 Å². The summed E-state index contributed by atoms with van der Waals surface area (Å²) in [6, 6.07) is 25.3. The van der Waals surface area contributed by atoms with Gasteiger partial charge < -0.3 is 4.74 Å². The Morgan fingerprint density at radius 1 is 0.929 bits per heavy atom. The number of para-hydroxylation sites is 1. The van der Waals surface area contributed by atoms with Gasteiger partial charge in [0.1, 0.15) is 5.75 Å². The van der Waals surface area contributed by atoms with Crippen LogP contribution in [0.5, 0.6) is 5.75 Å². The maximum Gasteiger partial charge on any atom is 0.185 e. The lowest BCUT2D eigenvalue weighted by atomic mass is 9.99. The zero-order chi connectivity index (χ0) is 19.3. The molecule has 0 atom stereocenters. The quantitative estimate of drug-likeness (QED) is 0.331. The molecule has 0 unspecified atom stereocenters. The molecule has 0 saturated heterocycles. The number of benzene rings is 3. The molecule has 0 aliphatic carbocycles. The lowest BCUT2D eigenvalue weighted by Crippen LogP contribution is -1.94. The Kier molecular flexibility index (Phi) is 4.98. The van der Waals surface area contributed by atoms with Gasteiger partial charge in [-0.25, -0.2) is 0 Å². The number of aromatic nitrogens is 1. The second-order valence-corrected chi connectivity index (χ2v) is 6.43. The van der Waals surface area contributed by atoms with Crippen molar-refractivity contribution in [3.63, 3.8) is 0 Å². The molecular formula is C25H19NO2. The Hall–Kier alpha value is -3.72. The molecule has 1 aromatic heterocycles. The van der Waals surface area contributed by atoms with Crippen molar-refractivity contribution in [1.82, 2.24) is 4.98 Å². The van der Waals surface area contributed by atoms with Crippen molar-refractivity contribution in [1.29, 1.82) is 0 Å². The molecule has 28 heavy (non-hydrogen) atoms. The largest absolute Gasteiger partial charge is 0.497 e. The van der Waals surface area contributed by atoms with Crippen LogP contribution in [0, 0.1) is 0 Å². The summed E-state index contributed by atoms with van der Waals surface area (Å²) in [5.41, 5.74) is 4.63. The minimum Gasteiger partial charge on any atom is -0.497 e. The number of ether oxygens (including phenoxy) is 1. The van der Waals surface area contributed by atoms with Gasteiger partial charge in [0.15, 0.2) is 5.78 Å². The first-order chi connectivity index (χ1) is 13.7. The number of carbonyl (C=O) groups is 1. The third kappa shape index (κ3) is 3.69. The van der Waals surface area contributed by atoms with E-state index in [-0.39, 0.29) is 5.78 Å². The normalized spacial score (nSPS) is 11.0. The SMILES string of the molecule is COc1ccc(C(=O)/C=C/c2ccccc2-c2cnc3ccccc3c2)cc1. The number of hydrogen-bond acceptors (Lipinski definition) is 3. The third-order valence-corrected chi connectivity index (χ3v) is 4.65. The van der Waals surface area contributed by atoms with Gasteiger partial charge >= 0.3 is 0 Å². The number of pyridine rings is 1. The molecule has 0 aliphatic heterocycles. The summed E-state index contributed by atoms with van der Waals surface area (Å²) in [5, 5.41) is 1.09. The lowest BCUT2D eigenvalue weighted by Gasteiger charge is -2.07. The van der Waals surface area contributed by atoms with Crippen molar-refractivity contribution in [2.75, 3.05) is 7.11 Å². The van der Waals surface area contributed by atoms with Gasteiger partial charge in [-0.3, -0.25) is 9.78 Å². The minimum atomic E-state index is -0.0471. The van der Waals surface area contributed by atoms with Gasteiger partial charge in [-0.2, -0.15) is 0 Å². The summed E-state index contributed by atoms with van der Waals surface area (Å²) in [6.07, 6.45) is 5.34. The van der Waals surface area contributed by atoms with Gasteiger partial charge in [-0.15, -0.1) is 0 Å². The number of nitrogens with zero attached hydrogens (tertiary/aromatic N) is 1. The molecule has 0 saturated carbocycles. The molecule has 0 aliphatic rings. The highest BCUT2D eigenvalue weighted by atomic mass is 16.5. The van der Waals surface area contributed by atoms with Crippen LogP contribution in [0.2, 0.25) is 0 Å². The second kappa shape index (κ2) is 7.89. The zero-order valence-corrected chi connectivity index (χ0v) is 15.5. The van der Waals surface area contributed by atoms with Crippen LogP contribution in [-0.4, -0.2) is 17.9 Å². The molecule has 0 bridgehead atoms. The smallest absolute Gasteiger partial charge is 0.185 e. The van der Waals surface area contributed by atoms with Crippen LogP contribution in [0.1, 0.15) is 15.9 Å². The summed E-state index contributed by atoms with van der Waals surface area (Å²) < 4.78 is 5.14. The van der Waals surface area contributed by atoms with E-state index in [1.165, 1.54) is 0 Å². The minimum absolute atomic E-state index is 0.0471. The third-order valence-electron chi connectivity index (χ3n) is 4.65. The first kappa shape index (κ1) is 17.7. The van der Waals surface area contributed by atoms with E-state index in [1.54, 1.807) is 37.5 Å². The number of methoxy groups -OCH3 is 1. The maximum absolute atomic E-state index is 12.5. The fraction of sp³-hybridized carbons (Fsp3) is 0.0400. The summed E-state index contributed by atoms with van der Waals surface area (Å²) >= 11 is 0. The zero-order valence-electron chi connectivity index (χ0n) is 15.5. The Balaban J connectivity index is 1.65. The standard InChI is InChI=1S/C25H19NO2/c1-28-22-13-10-19(11-14-22)25(27)15-12-18-6-2-4-8-23(18)21-16-20-7-3-5-9-24(20)26-17-21/h2-17H,1H3/b15-12+.